The Morgan fingerprint density at radius 2 is 1.78 bits per heavy atom. The van der Waals surface area contributed by atoms with Gasteiger partial charge in [0.15, 0.2) is 0 Å². The number of rotatable bonds is 5. The number of thiophene rings is 1. The average Bonchev–Trinajstić information content (AvgIpc) is 3.37. The van der Waals surface area contributed by atoms with E-state index in [0.29, 0.717) is 16.8 Å². The molecule has 1 N–H and O–H groups in total. The Bertz CT molecular complexity index is 1350. The first kappa shape index (κ1) is 24.1. The fraction of sp³-hybridized carbons (Fsp3) is 0.179. The number of anilines is 1. The summed E-state index contributed by atoms with van der Waals surface area (Å²) in [6.07, 6.45) is -4.18. The molecule has 1 aliphatic heterocycles. The quantitative estimate of drug-likeness (QED) is 0.302. The molecule has 0 radical (unpaired) electrons. The molecule has 1 amide bonds. The molecule has 0 spiro atoms. The molecule has 1 aromatic heterocycles. The third-order valence-electron chi connectivity index (χ3n) is 6.12. The van der Waals surface area contributed by atoms with Crippen LogP contribution in [0.25, 0.3) is 11.1 Å². The van der Waals surface area contributed by atoms with Crippen LogP contribution in [0.1, 0.15) is 21.6 Å². The maximum absolute atomic E-state index is 12.9. The van der Waals surface area contributed by atoms with E-state index >= 15 is 0 Å². The molecule has 3 aromatic carbocycles. The summed E-state index contributed by atoms with van der Waals surface area (Å²) in [6, 6.07) is 21.6. The van der Waals surface area contributed by atoms with Gasteiger partial charge in [-0.3, -0.25) is 10.2 Å². The Morgan fingerprint density at radius 3 is 2.53 bits per heavy atom. The molecule has 184 valence electrons. The number of fused-ring (bicyclic) bond motifs is 1. The van der Waals surface area contributed by atoms with Gasteiger partial charge in [-0.15, -0.1) is 11.3 Å². The number of carbonyl (C=O) groups excluding carboxylic acids is 1. The monoisotopic (exact) mass is 508 g/mol. The number of nitrogens with zero attached hydrogens (tertiary/aromatic N) is 1. The van der Waals surface area contributed by atoms with Crippen molar-refractivity contribution in [2.24, 2.45) is 0 Å². The highest BCUT2D eigenvalue weighted by atomic mass is 32.1. The van der Waals surface area contributed by atoms with E-state index in [0.717, 1.165) is 38.2 Å². The second kappa shape index (κ2) is 10.2. The normalized spacial score (nSPS) is 13.8. The molecule has 0 aliphatic carbocycles. The van der Waals surface area contributed by atoms with Gasteiger partial charge in [0, 0.05) is 35.8 Å². The molecular weight excluding hydrogens is 485 g/mol. The lowest BCUT2D eigenvalue weighted by molar-refractivity contribution is -0.137. The van der Waals surface area contributed by atoms with Crippen LogP contribution in [0.2, 0.25) is 0 Å². The number of hydrogen-bond acceptors (Lipinski definition) is 4. The summed E-state index contributed by atoms with van der Waals surface area (Å²) < 4.78 is 44.2. The van der Waals surface area contributed by atoms with Crippen molar-refractivity contribution in [1.29, 1.82) is 0 Å². The van der Waals surface area contributed by atoms with Crippen LogP contribution in [0, 0.1) is 0 Å². The van der Waals surface area contributed by atoms with Crippen molar-refractivity contribution < 1.29 is 22.7 Å². The van der Waals surface area contributed by atoms with Gasteiger partial charge in [-0.1, -0.05) is 42.5 Å². The number of hydrogen-bond donors (Lipinski definition) is 1. The van der Waals surface area contributed by atoms with Crippen molar-refractivity contribution in [3.63, 3.8) is 0 Å². The molecule has 5 rings (SSSR count). The third kappa shape index (κ3) is 5.61. The molecule has 36 heavy (non-hydrogen) atoms. The lowest BCUT2D eigenvalue weighted by Gasteiger charge is -2.28. The van der Waals surface area contributed by atoms with E-state index in [-0.39, 0.29) is 5.75 Å². The highest BCUT2D eigenvalue weighted by Gasteiger charge is 2.30. The lowest BCUT2D eigenvalue weighted by atomic mass is 9.99. The van der Waals surface area contributed by atoms with Crippen LogP contribution < -0.4 is 10.1 Å². The van der Waals surface area contributed by atoms with Gasteiger partial charge in [-0.25, -0.2) is 4.79 Å². The van der Waals surface area contributed by atoms with Crippen LogP contribution in [-0.2, 0) is 25.7 Å². The summed E-state index contributed by atoms with van der Waals surface area (Å²) in [6.45, 7) is 2.74. The van der Waals surface area contributed by atoms with E-state index in [4.69, 9.17) is 4.74 Å². The molecule has 0 saturated heterocycles. The smallest absolute Gasteiger partial charge is 0.409 e. The van der Waals surface area contributed by atoms with Crippen LogP contribution in [-0.4, -0.2) is 17.5 Å². The summed E-state index contributed by atoms with van der Waals surface area (Å²) >= 11 is 1.76. The van der Waals surface area contributed by atoms with Crippen molar-refractivity contribution in [2.45, 2.75) is 25.7 Å². The highest BCUT2D eigenvalue weighted by molar-refractivity contribution is 7.09. The largest absolute Gasteiger partial charge is 0.417 e. The zero-order valence-corrected chi connectivity index (χ0v) is 20.0. The fourth-order valence-corrected chi connectivity index (χ4v) is 5.07. The molecule has 0 fully saturated rings. The predicted molar refractivity (Wildman–Crippen MR) is 135 cm³/mol. The second-order valence-corrected chi connectivity index (χ2v) is 9.64. The highest BCUT2D eigenvalue weighted by Crippen LogP contribution is 2.34. The SMILES string of the molecule is O=C(Nc1ccc2c(c1)CCN(Cc1cccs1)C2)Oc1ccccc1-c1ccc(C(F)(F)F)cc1. The van der Waals surface area contributed by atoms with Crippen LogP contribution in [0.3, 0.4) is 0 Å². The molecule has 4 aromatic rings. The van der Waals surface area contributed by atoms with Crippen LogP contribution in [0.15, 0.2) is 84.2 Å². The van der Waals surface area contributed by atoms with Crippen LogP contribution in [0.5, 0.6) is 5.75 Å². The summed E-state index contributed by atoms with van der Waals surface area (Å²) in [5.41, 5.74) is 3.39. The maximum atomic E-state index is 12.9. The van der Waals surface area contributed by atoms with Crippen LogP contribution in [0.4, 0.5) is 23.7 Å². The van der Waals surface area contributed by atoms with E-state index < -0.39 is 17.8 Å². The number of nitrogens with one attached hydrogen (secondary N) is 1. The predicted octanol–water partition coefficient (Wildman–Crippen LogP) is 7.60. The van der Waals surface area contributed by atoms with Gasteiger partial charge in [-0.2, -0.15) is 13.2 Å². The van der Waals surface area contributed by atoms with E-state index in [1.165, 1.54) is 28.1 Å². The Balaban J connectivity index is 1.25. The minimum atomic E-state index is -4.41. The Hall–Kier alpha value is -3.62. The number of amides is 1. The molecular formula is C28H23F3N2O2S. The van der Waals surface area contributed by atoms with Crippen molar-refractivity contribution in [3.8, 4) is 16.9 Å². The number of para-hydroxylation sites is 1. The molecule has 4 nitrogen and oxygen atoms in total. The molecule has 0 unspecified atom stereocenters. The number of benzene rings is 3. The third-order valence-corrected chi connectivity index (χ3v) is 6.98. The zero-order valence-electron chi connectivity index (χ0n) is 19.2. The molecule has 0 atom stereocenters. The summed E-state index contributed by atoms with van der Waals surface area (Å²) in [5.74, 6) is 0.261. The summed E-state index contributed by atoms with van der Waals surface area (Å²) in [7, 11) is 0. The van der Waals surface area contributed by atoms with Gasteiger partial charge in [0.25, 0.3) is 0 Å². The number of alkyl halides is 3. The van der Waals surface area contributed by atoms with Gasteiger partial charge < -0.3 is 4.74 Å². The van der Waals surface area contributed by atoms with E-state index in [1.807, 2.05) is 18.2 Å². The first-order chi connectivity index (χ1) is 17.3. The van der Waals surface area contributed by atoms with Crippen molar-refractivity contribution in [2.75, 3.05) is 11.9 Å². The Kier molecular flexibility index (Phi) is 6.80. The van der Waals surface area contributed by atoms with Gasteiger partial charge in [0.05, 0.1) is 5.56 Å². The van der Waals surface area contributed by atoms with Crippen LogP contribution >= 0.6 is 11.3 Å². The van der Waals surface area contributed by atoms with Gasteiger partial charge >= 0.3 is 12.3 Å². The minimum absolute atomic E-state index is 0.261. The second-order valence-electron chi connectivity index (χ2n) is 8.61. The molecule has 1 aliphatic rings. The number of halogens is 3. The average molecular weight is 509 g/mol. The maximum Gasteiger partial charge on any atom is 0.417 e. The van der Waals surface area contributed by atoms with E-state index in [9.17, 15) is 18.0 Å². The summed E-state index contributed by atoms with van der Waals surface area (Å²) in [4.78, 5) is 16.4. The minimum Gasteiger partial charge on any atom is -0.409 e. The Morgan fingerprint density at radius 1 is 0.972 bits per heavy atom. The molecule has 8 heteroatoms. The summed E-state index contributed by atoms with van der Waals surface area (Å²) in [5, 5.41) is 4.86. The van der Waals surface area contributed by atoms with Crippen molar-refractivity contribution in [1.82, 2.24) is 4.90 Å². The Labute approximate surface area is 211 Å². The number of ether oxygens (including phenoxy) is 1. The fourth-order valence-electron chi connectivity index (χ4n) is 4.32. The topological polar surface area (TPSA) is 41.6 Å². The van der Waals surface area contributed by atoms with Crippen molar-refractivity contribution in [3.05, 3.63) is 106 Å². The molecule has 2 heterocycles. The van der Waals surface area contributed by atoms with E-state index in [1.54, 1.807) is 35.6 Å². The zero-order chi connectivity index (χ0) is 25.1. The van der Waals surface area contributed by atoms with Gasteiger partial charge in [-0.05, 0) is 64.9 Å². The van der Waals surface area contributed by atoms with E-state index in [2.05, 4.69) is 27.7 Å². The lowest BCUT2D eigenvalue weighted by Crippen LogP contribution is -2.29. The first-order valence-corrected chi connectivity index (χ1v) is 12.4. The first-order valence-electron chi connectivity index (χ1n) is 11.5. The van der Waals surface area contributed by atoms with Crippen molar-refractivity contribution >= 4 is 23.1 Å². The molecule has 0 bridgehead atoms. The van der Waals surface area contributed by atoms with Gasteiger partial charge in [0.2, 0.25) is 0 Å². The number of carbonyl (C=O) groups is 1. The molecule has 0 saturated carbocycles. The standard InChI is InChI=1S/C28H23F3N2O2S/c29-28(30,31)22-10-7-19(8-11-22)25-5-1-2-6-26(25)35-27(34)32-23-12-9-21-17-33(14-13-20(21)16-23)18-24-4-3-15-36-24/h1-12,15-16H,13-14,17-18H2,(H,32,34). The van der Waals surface area contributed by atoms with Gasteiger partial charge in [0.1, 0.15) is 5.75 Å².